The first-order chi connectivity index (χ1) is 6.65. The highest BCUT2D eigenvalue weighted by Crippen LogP contribution is 2.14. The van der Waals surface area contributed by atoms with Crippen molar-refractivity contribution in [3.8, 4) is 0 Å². The lowest BCUT2D eigenvalue weighted by molar-refractivity contribution is 0.298. The Morgan fingerprint density at radius 2 is 2.21 bits per heavy atom. The van der Waals surface area contributed by atoms with Gasteiger partial charge in [-0.15, -0.1) is 0 Å². The normalized spacial score (nSPS) is 10.6. The summed E-state index contributed by atoms with van der Waals surface area (Å²) >= 11 is 0. The summed E-state index contributed by atoms with van der Waals surface area (Å²) in [4.78, 5) is 6.38. The van der Waals surface area contributed by atoms with Gasteiger partial charge in [0.25, 0.3) is 0 Å². The minimum Gasteiger partial charge on any atom is -0.395 e. The zero-order chi connectivity index (χ0) is 10.6. The van der Waals surface area contributed by atoms with Crippen LogP contribution in [0.4, 0.5) is 5.82 Å². The van der Waals surface area contributed by atoms with Crippen LogP contribution in [0.1, 0.15) is 19.4 Å². The molecule has 0 aliphatic heterocycles. The molecule has 0 amide bonds. The van der Waals surface area contributed by atoms with Crippen LogP contribution in [0.25, 0.3) is 0 Å². The van der Waals surface area contributed by atoms with Crippen LogP contribution in [0.15, 0.2) is 18.3 Å². The van der Waals surface area contributed by atoms with E-state index in [9.17, 15) is 0 Å². The molecule has 0 aromatic carbocycles. The Balaban J connectivity index is 2.87. The number of nitrogens with zero attached hydrogens (tertiary/aromatic N) is 2. The van der Waals surface area contributed by atoms with Crippen molar-refractivity contribution in [2.24, 2.45) is 0 Å². The topological polar surface area (TPSA) is 36.4 Å². The molecule has 1 aromatic rings. The van der Waals surface area contributed by atoms with E-state index in [1.807, 2.05) is 19.1 Å². The average molecular weight is 194 g/mol. The van der Waals surface area contributed by atoms with Gasteiger partial charge < -0.3 is 10.0 Å². The molecule has 1 rings (SSSR count). The van der Waals surface area contributed by atoms with Crippen LogP contribution in [-0.2, 0) is 0 Å². The van der Waals surface area contributed by atoms with E-state index in [4.69, 9.17) is 5.11 Å². The van der Waals surface area contributed by atoms with Gasteiger partial charge in [0.05, 0.1) is 6.61 Å². The lowest BCUT2D eigenvalue weighted by Gasteiger charge is -2.27. The van der Waals surface area contributed by atoms with Crippen LogP contribution in [0.5, 0.6) is 0 Å². The number of hydrogen-bond acceptors (Lipinski definition) is 3. The number of pyridine rings is 1. The highest BCUT2D eigenvalue weighted by Gasteiger charge is 2.10. The van der Waals surface area contributed by atoms with Gasteiger partial charge in [-0.25, -0.2) is 4.98 Å². The van der Waals surface area contributed by atoms with E-state index in [0.717, 1.165) is 5.82 Å². The summed E-state index contributed by atoms with van der Waals surface area (Å²) in [5.41, 5.74) is 1.19. The second kappa shape index (κ2) is 4.96. The Kier molecular flexibility index (Phi) is 3.89. The zero-order valence-corrected chi connectivity index (χ0v) is 9.07. The van der Waals surface area contributed by atoms with E-state index >= 15 is 0 Å². The molecule has 0 saturated heterocycles. The molecule has 0 radical (unpaired) electrons. The second-order valence-corrected chi connectivity index (χ2v) is 3.70. The predicted octanol–water partition coefficient (Wildman–Crippen LogP) is 1.60. The summed E-state index contributed by atoms with van der Waals surface area (Å²) in [7, 11) is 0. The first kappa shape index (κ1) is 11.0. The Morgan fingerprint density at radius 3 is 2.71 bits per heavy atom. The van der Waals surface area contributed by atoms with E-state index < -0.39 is 0 Å². The first-order valence-corrected chi connectivity index (χ1v) is 4.95. The largest absolute Gasteiger partial charge is 0.395 e. The number of aliphatic hydroxyl groups excluding tert-OH is 1. The number of hydrogen-bond donors (Lipinski definition) is 1. The van der Waals surface area contributed by atoms with Crippen molar-refractivity contribution in [2.75, 3.05) is 18.1 Å². The van der Waals surface area contributed by atoms with Crippen molar-refractivity contribution in [3.63, 3.8) is 0 Å². The molecular formula is C11H18N2O. The Labute approximate surface area is 85.4 Å². The van der Waals surface area contributed by atoms with E-state index in [1.54, 1.807) is 6.20 Å². The molecule has 3 nitrogen and oxygen atoms in total. The van der Waals surface area contributed by atoms with Gasteiger partial charge in [0.1, 0.15) is 5.82 Å². The number of aryl methyl sites for hydroxylation is 1. The van der Waals surface area contributed by atoms with Gasteiger partial charge in [0.15, 0.2) is 0 Å². The Hall–Kier alpha value is -1.09. The van der Waals surface area contributed by atoms with Crippen LogP contribution < -0.4 is 4.90 Å². The van der Waals surface area contributed by atoms with Gasteiger partial charge in [-0.1, -0.05) is 0 Å². The second-order valence-electron chi connectivity index (χ2n) is 3.70. The molecule has 78 valence electrons. The Morgan fingerprint density at radius 1 is 1.50 bits per heavy atom. The molecule has 0 aliphatic rings. The lowest BCUT2D eigenvalue weighted by atomic mass is 10.2. The quantitative estimate of drug-likeness (QED) is 0.791. The first-order valence-electron chi connectivity index (χ1n) is 4.95. The molecule has 1 aromatic heterocycles. The van der Waals surface area contributed by atoms with Crippen molar-refractivity contribution in [3.05, 3.63) is 23.9 Å². The number of anilines is 1. The molecule has 0 atom stereocenters. The zero-order valence-electron chi connectivity index (χ0n) is 9.07. The van der Waals surface area contributed by atoms with E-state index in [-0.39, 0.29) is 6.61 Å². The van der Waals surface area contributed by atoms with E-state index in [0.29, 0.717) is 12.6 Å². The molecule has 0 spiro atoms. The molecule has 14 heavy (non-hydrogen) atoms. The minimum atomic E-state index is 0.161. The minimum absolute atomic E-state index is 0.161. The molecule has 1 N–H and O–H groups in total. The summed E-state index contributed by atoms with van der Waals surface area (Å²) in [5, 5.41) is 8.95. The lowest BCUT2D eigenvalue weighted by Crippen LogP contribution is -2.34. The van der Waals surface area contributed by atoms with Crippen LogP contribution in [0, 0.1) is 6.92 Å². The van der Waals surface area contributed by atoms with Gasteiger partial charge in [-0.2, -0.15) is 0 Å². The van der Waals surface area contributed by atoms with Crippen molar-refractivity contribution in [1.82, 2.24) is 4.98 Å². The maximum absolute atomic E-state index is 8.95. The van der Waals surface area contributed by atoms with Crippen molar-refractivity contribution < 1.29 is 5.11 Å². The fourth-order valence-corrected chi connectivity index (χ4v) is 1.42. The fraction of sp³-hybridized carbons (Fsp3) is 0.545. The SMILES string of the molecule is Cc1ccnc(N(CCO)C(C)C)c1. The number of aliphatic hydroxyl groups is 1. The fourth-order valence-electron chi connectivity index (χ4n) is 1.42. The molecule has 0 saturated carbocycles. The van der Waals surface area contributed by atoms with Gasteiger partial charge >= 0.3 is 0 Å². The highest BCUT2D eigenvalue weighted by molar-refractivity contribution is 5.41. The summed E-state index contributed by atoms with van der Waals surface area (Å²) in [6.45, 7) is 7.03. The van der Waals surface area contributed by atoms with Crippen LogP contribution in [-0.4, -0.2) is 29.3 Å². The summed E-state index contributed by atoms with van der Waals surface area (Å²) in [6, 6.07) is 4.37. The average Bonchev–Trinajstić information content (AvgIpc) is 2.13. The summed E-state index contributed by atoms with van der Waals surface area (Å²) < 4.78 is 0. The number of aromatic nitrogens is 1. The maximum atomic E-state index is 8.95. The van der Waals surface area contributed by atoms with Crippen LogP contribution in [0.2, 0.25) is 0 Å². The summed E-state index contributed by atoms with van der Waals surface area (Å²) in [6.07, 6.45) is 1.80. The van der Waals surface area contributed by atoms with Crippen LogP contribution in [0.3, 0.4) is 0 Å². The van der Waals surface area contributed by atoms with Crippen LogP contribution >= 0.6 is 0 Å². The monoisotopic (exact) mass is 194 g/mol. The number of rotatable bonds is 4. The smallest absolute Gasteiger partial charge is 0.129 e. The van der Waals surface area contributed by atoms with E-state index in [1.165, 1.54) is 5.56 Å². The van der Waals surface area contributed by atoms with Gasteiger partial charge in [-0.05, 0) is 38.5 Å². The molecule has 0 bridgehead atoms. The molecule has 0 unspecified atom stereocenters. The molecule has 0 aliphatic carbocycles. The Bertz CT molecular complexity index is 286. The van der Waals surface area contributed by atoms with Crippen molar-refractivity contribution in [2.45, 2.75) is 26.8 Å². The standard InChI is InChI=1S/C11H18N2O/c1-9(2)13(6-7-14)11-8-10(3)4-5-12-11/h4-5,8-9,14H,6-7H2,1-3H3. The molecule has 3 heteroatoms. The third-order valence-electron chi connectivity index (χ3n) is 2.16. The van der Waals surface area contributed by atoms with Gasteiger partial charge in [-0.3, -0.25) is 0 Å². The van der Waals surface area contributed by atoms with Crippen molar-refractivity contribution >= 4 is 5.82 Å². The van der Waals surface area contributed by atoms with Gasteiger partial charge in [0, 0.05) is 18.8 Å². The van der Waals surface area contributed by atoms with Crippen molar-refractivity contribution in [1.29, 1.82) is 0 Å². The third-order valence-corrected chi connectivity index (χ3v) is 2.16. The molecule has 0 fully saturated rings. The molecule has 1 heterocycles. The summed E-state index contributed by atoms with van der Waals surface area (Å²) in [5.74, 6) is 0.939. The maximum Gasteiger partial charge on any atom is 0.129 e. The van der Waals surface area contributed by atoms with E-state index in [2.05, 4.69) is 23.7 Å². The predicted molar refractivity (Wildman–Crippen MR) is 58.5 cm³/mol. The van der Waals surface area contributed by atoms with Gasteiger partial charge in [0.2, 0.25) is 0 Å². The highest BCUT2D eigenvalue weighted by atomic mass is 16.3. The third kappa shape index (κ3) is 2.70. The molecular weight excluding hydrogens is 176 g/mol.